The lowest BCUT2D eigenvalue weighted by Gasteiger charge is -2.29. The number of benzene rings is 3. The van der Waals surface area contributed by atoms with Gasteiger partial charge >= 0.3 is 0 Å². The van der Waals surface area contributed by atoms with Crippen molar-refractivity contribution in [2.75, 3.05) is 25.5 Å². The number of likely N-dealkylation sites (N-methyl/N-ethyl adjacent to an activating group) is 1. The Labute approximate surface area is 211 Å². The Bertz CT molecular complexity index is 1250. The second-order valence-corrected chi connectivity index (χ2v) is 9.94. The maximum absolute atomic E-state index is 13.3. The zero-order chi connectivity index (χ0) is 25.7. The first-order valence-electron chi connectivity index (χ1n) is 12.2. The van der Waals surface area contributed by atoms with Crippen molar-refractivity contribution in [3.05, 3.63) is 66.7 Å². The summed E-state index contributed by atoms with van der Waals surface area (Å²) in [5.74, 6) is -0.315. The van der Waals surface area contributed by atoms with Crippen LogP contribution < -0.4 is 5.32 Å². The van der Waals surface area contributed by atoms with Crippen LogP contribution in [0.5, 0.6) is 0 Å². The molecule has 0 aliphatic carbocycles. The van der Waals surface area contributed by atoms with E-state index in [1.54, 1.807) is 11.9 Å². The summed E-state index contributed by atoms with van der Waals surface area (Å²) >= 11 is 0. The number of carbonyl (C=O) groups excluding carboxylic acids is 2. The number of rotatable bonds is 7. The number of nitrogens with zero attached hydrogens (tertiary/aromatic N) is 4. The highest BCUT2D eigenvalue weighted by Crippen LogP contribution is 2.33. The Hall–Kier alpha value is -3.62. The van der Waals surface area contributed by atoms with E-state index in [1.165, 1.54) is 5.06 Å². The normalized spacial score (nSPS) is 16.2. The molecule has 1 saturated heterocycles. The number of anilines is 1. The number of azo groups is 1. The number of fused-ring (bicyclic) bond motifs is 1. The molecule has 8 nitrogen and oxygen atoms in total. The fraction of sp³-hybridized carbons (Fsp3) is 0.357. The number of hydrogen-bond donors (Lipinski definition) is 1. The Kier molecular flexibility index (Phi) is 7.76. The highest BCUT2D eigenvalue weighted by molar-refractivity contribution is 6.07. The lowest BCUT2D eigenvalue weighted by Crippen LogP contribution is -2.47. The SMILES string of the molecule is CN(CC(=O)N1CCC[C@H]1C(=O)Nc1ccc(N=Nc2ccccc2)c2ccccc12)OC(C)(C)C. The van der Waals surface area contributed by atoms with E-state index < -0.39 is 11.6 Å². The van der Waals surface area contributed by atoms with E-state index in [-0.39, 0.29) is 18.4 Å². The molecular formula is C28H33N5O3. The van der Waals surface area contributed by atoms with Gasteiger partial charge in [-0.25, -0.2) is 0 Å². The van der Waals surface area contributed by atoms with Crippen LogP contribution in [0.25, 0.3) is 10.8 Å². The highest BCUT2D eigenvalue weighted by Gasteiger charge is 2.35. The van der Waals surface area contributed by atoms with Gasteiger partial charge in [-0.05, 0) is 57.9 Å². The van der Waals surface area contributed by atoms with E-state index in [9.17, 15) is 9.59 Å². The second-order valence-electron chi connectivity index (χ2n) is 9.94. The summed E-state index contributed by atoms with van der Waals surface area (Å²) in [5.41, 5.74) is 1.77. The van der Waals surface area contributed by atoms with Crippen LogP contribution in [-0.2, 0) is 14.4 Å². The molecule has 0 saturated carbocycles. The minimum atomic E-state index is -0.517. The van der Waals surface area contributed by atoms with Gasteiger partial charge in [0.15, 0.2) is 0 Å². The Morgan fingerprint density at radius 3 is 2.42 bits per heavy atom. The van der Waals surface area contributed by atoms with Gasteiger partial charge < -0.3 is 10.2 Å². The topological polar surface area (TPSA) is 86.6 Å². The average molecular weight is 488 g/mol. The summed E-state index contributed by atoms with van der Waals surface area (Å²) in [7, 11) is 1.73. The summed E-state index contributed by atoms with van der Waals surface area (Å²) in [6.45, 7) is 6.43. The first-order chi connectivity index (χ1) is 17.2. The van der Waals surface area contributed by atoms with E-state index in [1.807, 2.05) is 87.5 Å². The minimum absolute atomic E-state index is 0.0884. The quantitative estimate of drug-likeness (QED) is 0.335. The number of carbonyl (C=O) groups is 2. The van der Waals surface area contributed by atoms with Gasteiger partial charge in [0.05, 0.1) is 17.0 Å². The molecular weight excluding hydrogens is 454 g/mol. The molecule has 1 atom stereocenters. The summed E-state index contributed by atoms with van der Waals surface area (Å²) < 4.78 is 0. The van der Waals surface area contributed by atoms with Crippen LogP contribution in [0.2, 0.25) is 0 Å². The van der Waals surface area contributed by atoms with Crippen LogP contribution in [0.3, 0.4) is 0 Å². The third kappa shape index (κ3) is 6.33. The van der Waals surface area contributed by atoms with Crippen LogP contribution in [-0.4, -0.2) is 53.6 Å². The minimum Gasteiger partial charge on any atom is -0.329 e. The standard InChI is InChI=1S/C28H33N5O3/c1-28(2,3)36-32(4)19-26(34)33-18-10-15-25(33)27(35)29-23-16-17-24(22-14-9-8-13-21(22)23)31-30-20-11-6-5-7-12-20/h5-9,11-14,16-17,25H,10,15,18-19H2,1-4H3,(H,29,35)/t25-/m0/s1. The van der Waals surface area contributed by atoms with Crippen molar-refractivity contribution in [2.45, 2.75) is 45.3 Å². The predicted octanol–water partition coefficient (Wildman–Crippen LogP) is 5.85. The molecule has 1 N–H and O–H groups in total. The Balaban J connectivity index is 1.49. The van der Waals surface area contributed by atoms with Crippen LogP contribution in [0, 0.1) is 0 Å². The fourth-order valence-corrected chi connectivity index (χ4v) is 4.42. The maximum Gasteiger partial charge on any atom is 0.247 e. The lowest BCUT2D eigenvalue weighted by atomic mass is 10.1. The van der Waals surface area contributed by atoms with E-state index in [2.05, 4.69) is 15.5 Å². The first-order valence-corrected chi connectivity index (χ1v) is 12.2. The zero-order valence-corrected chi connectivity index (χ0v) is 21.3. The van der Waals surface area contributed by atoms with Crippen molar-refractivity contribution < 1.29 is 14.4 Å². The number of hydroxylamine groups is 2. The molecule has 0 radical (unpaired) electrons. The highest BCUT2D eigenvalue weighted by atomic mass is 16.7. The molecule has 0 bridgehead atoms. The van der Waals surface area contributed by atoms with E-state index >= 15 is 0 Å². The number of nitrogens with one attached hydrogen (secondary N) is 1. The summed E-state index contributed by atoms with van der Waals surface area (Å²) in [6, 6.07) is 20.5. The fourth-order valence-electron chi connectivity index (χ4n) is 4.42. The molecule has 1 heterocycles. The molecule has 1 aliphatic heterocycles. The smallest absolute Gasteiger partial charge is 0.247 e. The summed E-state index contributed by atoms with van der Waals surface area (Å²) in [6.07, 6.45) is 1.41. The van der Waals surface area contributed by atoms with Gasteiger partial charge in [-0.3, -0.25) is 14.4 Å². The molecule has 1 fully saturated rings. The van der Waals surface area contributed by atoms with Crippen LogP contribution in [0.4, 0.5) is 17.1 Å². The van der Waals surface area contributed by atoms with Crippen molar-refractivity contribution in [1.82, 2.24) is 9.96 Å². The Morgan fingerprint density at radius 2 is 1.69 bits per heavy atom. The number of amides is 2. The monoisotopic (exact) mass is 487 g/mol. The van der Waals surface area contributed by atoms with E-state index in [0.717, 1.165) is 22.9 Å². The van der Waals surface area contributed by atoms with Gasteiger partial charge in [0, 0.05) is 30.1 Å². The largest absolute Gasteiger partial charge is 0.329 e. The van der Waals surface area contributed by atoms with Gasteiger partial charge in [-0.1, -0.05) is 42.5 Å². The molecule has 0 aromatic heterocycles. The third-order valence-corrected chi connectivity index (χ3v) is 5.85. The molecule has 1 aliphatic rings. The molecule has 3 aromatic carbocycles. The zero-order valence-electron chi connectivity index (χ0n) is 21.3. The van der Waals surface area contributed by atoms with Crippen molar-refractivity contribution in [3.8, 4) is 0 Å². The predicted molar refractivity (Wildman–Crippen MR) is 141 cm³/mol. The second kappa shape index (κ2) is 11.0. The van der Waals surface area contributed by atoms with Gasteiger partial charge in [-0.15, -0.1) is 5.11 Å². The van der Waals surface area contributed by atoms with Crippen molar-refractivity contribution in [1.29, 1.82) is 0 Å². The summed E-state index contributed by atoms with van der Waals surface area (Å²) in [5, 5.41) is 15.1. The Morgan fingerprint density at radius 1 is 1.00 bits per heavy atom. The van der Waals surface area contributed by atoms with Gasteiger partial charge in [-0.2, -0.15) is 10.2 Å². The average Bonchev–Trinajstić information content (AvgIpc) is 3.33. The van der Waals surface area contributed by atoms with E-state index in [0.29, 0.717) is 24.3 Å². The number of likely N-dealkylation sites (tertiary alicyclic amines) is 1. The first kappa shape index (κ1) is 25.5. The van der Waals surface area contributed by atoms with Crippen LogP contribution in [0.1, 0.15) is 33.6 Å². The maximum atomic E-state index is 13.3. The van der Waals surface area contributed by atoms with Crippen molar-refractivity contribution in [2.24, 2.45) is 10.2 Å². The van der Waals surface area contributed by atoms with Gasteiger partial charge in [0.2, 0.25) is 11.8 Å². The molecule has 36 heavy (non-hydrogen) atoms. The molecule has 0 spiro atoms. The molecule has 0 unspecified atom stereocenters. The lowest BCUT2D eigenvalue weighted by molar-refractivity contribution is -0.215. The summed E-state index contributed by atoms with van der Waals surface area (Å²) in [4.78, 5) is 33.6. The molecule has 3 aromatic rings. The van der Waals surface area contributed by atoms with Gasteiger partial charge in [0.25, 0.3) is 0 Å². The molecule has 4 rings (SSSR count). The molecule has 8 heteroatoms. The molecule has 188 valence electrons. The number of hydrogen-bond acceptors (Lipinski definition) is 6. The third-order valence-electron chi connectivity index (χ3n) is 5.85. The van der Waals surface area contributed by atoms with Crippen LogP contribution in [0.15, 0.2) is 77.0 Å². The van der Waals surface area contributed by atoms with Crippen LogP contribution >= 0.6 is 0 Å². The van der Waals surface area contributed by atoms with E-state index in [4.69, 9.17) is 4.84 Å². The van der Waals surface area contributed by atoms with Crippen molar-refractivity contribution in [3.63, 3.8) is 0 Å². The van der Waals surface area contributed by atoms with Gasteiger partial charge in [0.1, 0.15) is 12.6 Å². The molecule has 2 amide bonds. The van der Waals surface area contributed by atoms with Crippen molar-refractivity contribution >= 4 is 39.6 Å².